The number of aromatic nitrogens is 2. The molecule has 53 heavy (non-hydrogen) atoms. The van der Waals surface area contributed by atoms with E-state index in [2.05, 4.69) is 74.5 Å². The first-order valence-electron chi connectivity index (χ1n) is 19.2. The summed E-state index contributed by atoms with van der Waals surface area (Å²) in [6.45, 7) is 8.20. The highest BCUT2D eigenvalue weighted by molar-refractivity contribution is 5.93. The first kappa shape index (κ1) is 35.5. The Morgan fingerprint density at radius 1 is 0.830 bits per heavy atom. The second-order valence-corrected chi connectivity index (χ2v) is 14.8. The molecule has 5 unspecified atom stereocenters. The highest BCUT2D eigenvalue weighted by Crippen LogP contribution is 2.43. The van der Waals surface area contributed by atoms with Crippen LogP contribution in [0.5, 0.6) is 0 Å². The molecule has 1 amide bonds. The summed E-state index contributed by atoms with van der Waals surface area (Å²) >= 11 is 0. The van der Waals surface area contributed by atoms with Crippen molar-refractivity contribution in [2.75, 3.05) is 32.7 Å². The number of para-hydroxylation sites is 2. The van der Waals surface area contributed by atoms with Crippen LogP contribution < -0.4 is 5.32 Å². The fourth-order valence-corrected chi connectivity index (χ4v) is 8.27. The van der Waals surface area contributed by atoms with Gasteiger partial charge >= 0.3 is 0 Å². The van der Waals surface area contributed by atoms with Crippen molar-refractivity contribution in [2.45, 2.75) is 70.3 Å². The summed E-state index contributed by atoms with van der Waals surface area (Å²) in [6.07, 6.45) is 5.94. The van der Waals surface area contributed by atoms with Gasteiger partial charge in [-0.05, 0) is 85.3 Å². The number of aliphatic hydroxyl groups is 1. The number of hydrogen-bond acceptors (Lipinski definition) is 8. The number of fused-ring (bicyclic) bond motifs is 1. The Balaban J connectivity index is 0.993. The third-order valence-corrected chi connectivity index (χ3v) is 11.3. The maximum Gasteiger partial charge on any atom is 0.271 e. The van der Waals surface area contributed by atoms with Crippen molar-refractivity contribution in [3.05, 3.63) is 131 Å². The smallest absolute Gasteiger partial charge is 0.271 e. The zero-order chi connectivity index (χ0) is 36.1. The van der Waals surface area contributed by atoms with Gasteiger partial charge in [0.1, 0.15) is 5.69 Å². The molecule has 5 aromatic rings. The van der Waals surface area contributed by atoms with Gasteiger partial charge in [-0.25, -0.2) is 4.98 Å². The van der Waals surface area contributed by atoms with Crippen LogP contribution >= 0.6 is 0 Å². The lowest BCUT2D eigenvalue weighted by molar-refractivity contribution is -0.276. The van der Waals surface area contributed by atoms with Gasteiger partial charge in [0.25, 0.3) is 5.91 Å². The quantitative estimate of drug-likeness (QED) is 0.150. The predicted octanol–water partition coefficient (Wildman–Crippen LogP) is 7.07. The molecule has 0 saturated carbocycles. The Labute approximate surface area is 312 Å². The third kappa shape index (κ3) is 8.05. The average molecular weight is 712 g/mol. The van der Waals surface area contributed by atoms with Crippen molar-refractivity contribution >= 4 is 16.9 Å². The number of hydrogen-bond donors (Lipinski definition) is 2. The molecule has 3 aliphatic heterocycles. The van der Waals surface area contributed by atoms with Crippen molar-refractivity contribution < 1.29 is 19.4 Å². The minimum absolute atomic E-state index is 0.00764. The molecule has 0 aliphatic carbocycles. The zero-order valence-electron chi connectivity index (χ0n) is 30.4. The summed E-state index contributed by atoms with van der Waals surface area (Å²) in [6, 6.07) is 32.8. The molecule has 8 rings (SSSR count). The SMILES string of the molecule is CC1C(CN2CCCC2CN2CCCC2)OC(c2ccc(-c3ccccc3CNC(=O)c3cnc4ccccc4n3)cc2)OC1c1ccc(CO)cc1. The molecule has 0 bridgehead atoms. The lowest BCUT2D eigenvalue weighted by Gasteiger charge is -2.43. The van der Waals surface area contributed by atoms with E-state index in [1.165, 1.54) is 45.0 Å². The van der Waals surface area contributed by atoms with E-state index in [0.717, 1.165) is 58.5 Å². The van der Waals surface area contributed by atoms with Crippen molar-refractivity contribution in [2.24, 2.45) is 5.92 Å². The largest absolute Gasteiger partial charge is 0.392 e. The summed E-state index contributed by atoms with van der Waals surface area (Å²) < 4.78 is 13.7. The molecule has 9 heteroatoms. The summed E-state index contributed by atoms with van der Waals surface area (Å²) in [5.74, 6) is -0.123. The highest BCUT2D eigenvalue weighted by Gasteiger charge is 2.41. The third-order valence-electron chi connectivity index (χ3n) is 11.3. The van der Waals surface area contributed by atoms with Gasteiger partial charge in [0.2, 0.25) is 0 Å². The van der Waals surface area contributed by atoms with Crippen LogP contribution in [0, 0.1) is 5.92 Å². The highest BCUT2D eigenvalue weighted by atomic mass is 16.7. The van der Waals surface area contributed by atoms with Crippen LogP contribution in [0.3, 0.4) is 0 Å². The molecular formula is C44H49N5O4. The molecule has 3 fully saturated rings. The van der Waals surface area contributed by atoms with Gasteiger partial charge in [-0.2, -0.15) is 0 Å². The average Bonchev–Trinajstić information content (AvgIpc) is 3.90. The Bertz CT molecular complexity index is 2000. The van der Waals surface area contributed by atoms with E-state index in [-0.39, 0.29) is 30.6 Å². The normalized spacial score (nSPS) is 23.8. The molecule has 9 nitrogen and oxygen atoms in total. The Hall–Kier alpha value is -4.51. The minimum atomic E-state index is -0.523. The van der Waals surface area contributed by atoms with Crippen LogP contribution in [0.2, 0.25) is 0 Å². The Kier molecular flexibility index (Phi) is 10.9. The molecule has 1 aromatic heterocycles. The van der Waals surface area contributed by atoms with Gasteiger partial charge in [-0.15, -0.1) is 0 Å². The van der Waals surface area contributed by atoms with E-state index >= 15 is 0 Å². The van der Waals surface area contributed by atoms with Crippen molar-refractivity contribution in [1.29, 1.82) is 0 Å². The van der Waals surface area contributed by atoms with Crippen LogP contribution in [0.4, 0.5) is 0 Å². The number of nitrogens with zero attached hydrogens (tertiary/aromatic N) is 4. The van der Waals surface area contributed by atoms with Gasteiger partial charge in [-0.3, -0.25) is 14.7 Å². The van der Waals surface area contributed by atoms with Gasteiger partial charge in [0.15, 0.2) is 6.29 Å². The molecule has 3 aliphatic rings. The van der Waals surface area contributed by atoms with Gasteiger partial charge in [-0.1, -0.05) is 91.9 Å². The molecule has 3 saturated heterocycles. The number of aliphatic hydroxyl groups excluding tert-OH is 1. The van der Waals surface area contributed by atoms with Crippen LogP contribution in [0.1, 0.15) is 77.7 Å². The molecule has 4 heterocycles. The predicted molar refractivity (Wildman–Crippen MR) is 206 cm³/mol. The van der Waals surface area contributed by atoms with Gasteiger partial charge in [0, 0.05) is 37.2 Å². The minimum Gasteiger partial charge on any atom is -0.392 e. The van der Waals surface area contributed by atoms with Crippen LogP contribution in [-0.4, -0.2) is 75.7 Å². The molecular weight excluding hydrogens is 663 g/mol. The molecule has 0 radical (unpaired) electrons. The van der Waals surface area contributed by atoms with E-state index in [4.69, 9.17) is 9.47 Å². The van der Waals surface area contributed by atoms with Crippen LogP contribution in [0.25, 0.3) is 22.2 Å². The fraction of sp³-hybridized carbons (Fsp3) is 0.386. The Morgan fingerprint density at radius 3 is 2.36 bits per heavy atom. The number of carbonyl (C=O) groups excluding carboxylic acids is 1. The summed E-state index contributed by atoms with van der Waals surface area (Å²) in [4.78, 5) is 27.3. The number of likely N-dealkylation sites (tertiary alicyclic amines) is 2. The molecule has 2 N–H and O–H groups in total. The van der Waals surface area contributed by atoms with E-state index in [9.17, 15) is 9.90 Å². The lowest BCUT2D eigenvalue weighted by atomic mass is 9.89. The van der Waals surface area contributed by atoms with Crippen LogP contribution in [0.15, 0.2) is 103 Å². The zero-order valence-corrected chi connectivity index (χ0v) is 30.4. The van der Waals surface area contributed by atoms with E-state index in [0.29, 0.717) is 23.8 Å². The van der Waals surface area contributed by atoms with Gasteiger partial charge < -0.3 is 24.8 Å². The van der Waals surface area contributed by atoms with Crippen molar-refractivity contribution in [3.8, 4) is 11.1 Å². The second kappa shape index (κ2) is 16.2. The number of carbonyl (C=O) groups is 1. The number of ether oxygens (including phenoxy) is 2. The standard InChI is InChI=1S/C44H49N5O4/c1-30-41(28-49-24-8-10-36(49)27-48-22-6-7-23-48)52-44(53-42(30)33-16-14-31(29-50)15-17-33)34-20-18-32(19-21-34)37-11-3-2-9-35(37)25-46-43(51)40-26-45-38-12-4-5-13-39(38)47-40/h2-5,9,11-21,26,30,36,41-42,44,50H,6-8,10,22-25,27-29H2,1H3,(H,46,51). The summed E-state index contributed by atoms with van der Waals surface area (Å²) in [5, 5.41) is 12.7. The number of amides is 1. The maximum absolute atomic E-state index is 13.1. The number of rotatable bonds is 11. The molecule has 0 spiro atoms. The second-order valence-electron chi connectivity index (χ2n) is 14.8. The summed E-state index contributed by atoms with van der Waals surface area (Å²) in [7, 11) is 0. The summed E-state index contributed by atoms with van der Waals surface area (Å²) in [5.41, 5.74) is 7.79. The van der Waals surface area contributed by atoms with Crippen molar-refractivity contribution in [3.63, 3.8) is 0 Å². The molecule has 5 atom stereocenters. The van der Waals surface area contributed by atoms with E-state index in [1.807, 2.05) is 54.6 Å². The number of nitrogens with one attached hydrogen (secondary N) is 1. The first-order valence-corrected chi connectivity index (χ1v) is 19.2. The van der Waals surface area contributed by atoms with E-state index < -0.39 is 6.29 Å². The van der Waals surface area contributed by atoms with E-state index in [1.54, 1.807) is 0 Å². The Morgan fingerprint density at radius 2 is 1.57 bits per heavy atom. The monoisotopic (exact) mass is 711 g/mol. The maximum atomic E-state index is 13.1. The van der Waals surface area contributed by atoms with Crippen LogP contribution in [-0.2, 0) is 22.6 Å². The molecule has 274 valence electrons. The topological polar surface area (TPSA) is 100 Å². The van der Waals surface area contributed by atoms with Crippen molar-refractivity contribution in [1.82, 2.24) is 25.1 Å². The first-order chi connectivity index (χ1) is 26.0. The fourth-order valence-electron chi connectivity index (χ4n) is 8.27. The molecule has 4 aromatic carbocycles. The number of benzene rings is 4. The van der Waals surface area contributed by atoms with Gasteiger partial charge in [0.05, 0.1) is 36.0 Å². The lowest BCUT2D eigenvalue weighted by Crippen LogP contribution is -2.48.